The van der Waals surface area contributed by atoms with Crippen molar-refractivity contribution >= 4 is 11.8 Å². The number of benzene rings is 3. The first-order chi connectivity index (χ1) is 16.5. The number of hydrogen-bond acceptors (Lipinski definition) is 3. The van der Waals surface area contributed by atoms with Crippen molar-refractivity contribution in [2.24, 2.45) is 0 Å². The lowest BCUT2D eigenvalue weighted by atomic mass is 10.0. The van der Waals surface area contributed by atoms with Gasteiger partial charge in [0.05, 0.1) is 0 Å². The summed E-state index contributed by atoms with van der Waals surface area (Å²) < 4.78 is 18.9. The van der Waals surface area contributed by atoms with Gasteiger partial charge in [0, 0.05) is 19.0 Å². The first-order valence-electron chi connectivity index (χ1n) is 11.5. The molecule has 5 nitrogen and oxygen atoms in total. The summed E-state index contributed by atoms with van der Waals surface area (Å²) in [6, 6.07) is 24.0. The Morgan fingerprint density at radius 2 is 1.50 bits per heavy atom. The normalized spacial score (nSPS) is 12.4. The lowest BCUT2D eigenvalue weighted by Gasteiger charge is -2.32. The Morgan fingerprint density at radius 3 is 2.09 bits per heavy atom. The van der Waals surface area contributed by atoms with E-state index in [1.807, 2.05) is 74.5 Å². The molecule has 178 valence electrons. The van der Waals surface area contributed by atoms with Gasteiger partial charge in [-0.25, -0.2) is 4.39 Å². The summed E-state index contributed by atoms with van der Waals surface area (Å²) in [6.45, 7) is 3.94. The third kappa shape index (κ3) is 7.44. The molecule has 0 aliphatic heterocycles. The molecule has 0 radical (unpaired) electrons. The fourth-order valence-corrected chi connectivity index (χ4v) is 3.53. The highest BCUT2D eigenvalue weighted by molar-refractivity contribution is 5.88. The monoisotopic (exact) mass is 462 g/mol. The molecule has 0 aliphatic carbocycles. The van der Waals surface area contributed by atoms with Gasteiger partial charge in [-0.15, -0.1) is 0 Å². The van der Waals surface area contributed by atoms with Crippen LogP contribution in [0.2, 0.25) is 0 Å². The smallest absolute Gasteiger partial charge is 0.261 e. The van der Waals surface area contributed by atoms with Crippen LogP contribution in [0, 0.1) is 5.82 Å². The largest absolute Gasteiger partial charge is 0.484 e. The summed E-state index contributed by atoms with van der Waals surface area (Å²) in [5, 5.41) is 3.04. The maximum absolute atomic E-state index is 13.4. The van der Waals surface area contributed by atoms with Crippen molar-refractivity contribution in [1.29, 1.82) is 0 Å². The van der Waals surface area contributed by atoms with Crippen LogP contribution in [0.15, 0.2) is 84.9 Å². The third-order valence-corrected chi connectivity index (χ3v) is 5.64. The summed E-state index contributed by atoms with van der Waals surface area (Å²) in [7, 11) is 0. The lowest BCUT2D eigenvalue weighted by Crippen LogP contribution is -2.53. The minimum absolute atomic E-state index is 0.0186. The summed E-state index contributed by atoms with van der Waals surface area (Å²) in [6.07, 6.45) is 1.16. The Hall–Kier alpha value is -3.67. The van der Waals surface area contributed by atoms with E-state index in [1.165, 1.54) is 24.3 Å². The Bertz CT molecular complexity index is 1040. The molecule has 0 aromatic heterocycles. The van der Waals surface area contributed by atoms with Crippen LogP contribution < -0.4 is 10.1 Å². The van der Waals surface area contributed by atoms with Crippen molar-refractivity contribution in [2.45, 2.75) is 45.3 Å². The number of halogens is 1. The van der Waals surface area contributed by atoms with E-state index in [-0.39, 0.29) is 36.8 Å². The van der Waals surface area contributed by atoms with Gasteiger partial charge in [-0.05, 0) is 48.7 Å². The molecule has 0 aliphatic rings. The summed E-state index contributed by atoms with van der Waals surface area (Å²) in [5.41, 5.74) is 1.86. The third-order valence-electron chi connectivity index (χ3n) is 5.64. The quantitative estimate of drug-likeness (QED) is 0.447. The van der Waals surface area contributed by atoms with Crippen molar-refractivity contribution in [3.8, 4) is 5.75 Å². The van der Waals surface area contributed by atoms with Crippen LogP contribution >= 0.6 is 0 Å². The van der Waals surface area contributed by atoms with Gasteiger partial charge in [-0.1, -0.05) is 67.6 Å². The maximum atomic E-state index is 13.4. The molecule has 0 spiro atoms. The molecule has 0 saturated heterocycles. The SMILES string of the molecule is CCC(C)NC(=O)C(Cc1ccccc1)N(Cc1ccccc1)C(=O)COc1ccc(F)cc1. The fraction of sp³-hybridized carbons (Fsp3) is 0.286. The van der Waals surface area contributed by atoms with Gasteiger partial charge in [0.1, 0.15) is 17.6 Å². The zero-order chi connectivity index (χ0) is 24.3. The van der Waals surface area contributed by atoms with E-state index >= 15 is 0 Å². The van der Waals surface area contributed by atoms with E-state index < -0.39 is 6.04 Å². The van der Waals surface area contributed by atoms with Crippen molar-refractivity contribution in [3.05, 3.63) is 102 Å². The van der Waals surface area contributed by atoms with Crippen LogP contribution in [0.25, 0.3) is 0 Å². The molecule has 3 rings (SSSR count). The molecule has 6 heteroatoms. The molecule has 0 fully saturated rings. The van der Waals surface area contributed by atoms with Crippen LogP contribution in [0.3, 0.4) is 0 Å². The van der Waals surface area contributed by atoms with Gasteiger partial charge < -0.3 is 15.0 Å². The lowest BCUT2D eigenvalue weighted by molar-refractivity contribution is -0.143. The highest BCUT2D eigenvalue weighted by Crippen LogP contribution is 2.17. The molecule has 0 saturated carbocycles. The van der Waals surface area contributed by atoms with E-state index in [1.54, 1.807) is 4.90 Å². The average Bonchev–Trinajstić information content (AvgIpc) is 2.86. The summed E-state index contributed by atoms with van der Waals surface area (Å²) in [4.78, 5) is 28.4. The number of rotatable bonds is 11. The number of ether oxygens (including phenoxy) is 1. The zero-order valence-electron chi connectivity index (χ0n) is 19.6. The molecule has 2 unspecified atom stereocenters. The van der Waals surface area contributed by atoms with E-state index in [2.05, 4.69) is 5.32 Å². The summed E-state index contributed by atoms with van der Waals surface area (Å²) in [5.74, 6) is -0.523. The van der Waals surface area contributed by atoms with Crippen molar-refractivity contribution in [3.63, 3.8) is 0 Å². The van der Waals surface area contributed by atoms with Gasteiger partial charge in [0.2, 0.25) is 5.91 Å². The number of amides is 2. The molecule has 1 N–H and O–H groups in total. The highest BCUT2D eigenvalue weighted by Gasteiger charge is 2.31. The highest BCUT2D eigenvalue weighted by atomic mass is 19.1. The number of carbonyl (C=O) groups excluding carboxylic acids is 2. The van der Waals surface area contributed by atoms with Gasteiger partial charge in [-0.2, -0.15) is 0 Å². The second-order valence-corrected chi connectivity index (χ2v) is 8.27. The van der Waals surface area contributed by atoms with E-state index in [0.29, 0.717) is 12.2 Å². The zero-order valence-corrected chi connectivity index (χ0v) is 19.6. The van der Waals surface area contributed by atoms with Crippen molar-refractivity contribution in [2.75, 3.05) is 6.61 Å². The van der Waals surface area contributed by atoms with Gasteiger partial charge in [0.25, 0.3) is 5.91 Å². The van der Waals surface area contributed by atoms with Crippen LogP contribution in [-0.2, 0) is 22.6 Å². The van der Waals surface area contributed by atoms with Crippen molar-refractivity contribution < 1.29 is 18.7 Å². The molecule has 2 amide bonds. The van der Waals surface area contributed by atoms with Crippen LogP contribution in [0.5, 0.6) is 5.75 Å². The molecule has 2 atom stereocenters. The standard InChI is InChI=1S/C28H31FN2O3/c1-3-21(2)30-28(33)26(18-22-10-6-4-7-11-22)31(19-23-12-8-5-9-13-23)27(32)20-34-25-16-14-24(29)15-17-25/h4-17,21,26H,3,18-20H2,1-2H3,(H,30,33). The molecular formula is C28H31FN2O3. The van der Waals surface area contributed by atoms with Crippen molar-refractivity contribution in [1.82, 2.24) is 10.2 Å². The van der Waals surface area contributed by atoms with E-state index in [4.69, 9.17) is 4.74 Å². The van der Waals surface area contributed by atoms with Gasteiger partial charge in [0.15, 0.2) is 6.61 Å². The Balaban J connectivity index is 1.88. The molecule has 0 heterocycles. The maximum Gasteiger partial charge on any atom is 0.261 e. The Kier molecular flexibility index (Phi) is 9.21. The fourth-order valence-electron chi connectivity index (χ4n) is 3.53. The predicted octanol–water partition coefficient (Wildman–Crippen LogP) is 4.76. The van der Waals surface area contributed by atoms with Gasteiger partial charge >= 0.3 is 0 Å². The average molecular weight is 463 g/mol. The Labute approximate surface area is 200 Å². The van der Waals surface area contributed by atoms with Crippen LogP contribution in [0.4, 0.5) is 4.39 Å². The molecule has 3 aromatic rings. The molecule has 3 aromatic carbocycles. The van der Waals surface area contributed by atoms with Gasteiger partial charge in [-0.3, -0.25) is 9.59 Å². The second-order valence-electron chi connectivity index (χ2n) is 8.27. The number of nitrogens with one attached hydrogen (secondary N) is 1. The molecule has 34 heavy (non-hydrogen) atoms. The minimum atomic E-state index is -0.721. The van der Waals surface area contributed by atoms with Crippen LogP contribution in [-0.4, -0.2) is 35.4 Å². The number of hydrogen-bond donors (Lipinski definition) is 1. The topological polar surface area (TPSA) is 58.6 Å². The minimum Gasteiger partial charge on any atom is -0.484 e. The number of nitrogens with zero attached hydrogens (tertiary/aromatic N) is 1. The predicted molar refractivity (Wildman–Crippen MR) is 131 cm³/mol. The Morgan fingerprint density at radius 1 is 0.912 bits per heavy atom. The molecular weight excluding hydrogens is 431 g/mol. The van der Waals surface area contributed by atoms with E-state index in [9.17, 15) is 14.0 Å². The van der Waals surface area contributed by atoms with Crippen LogP contribution in [0.1, 0.15) is 31.4 Å². The second kappa shape index (κ2) is 12.5. The molecule has 0 bridgehead atoms. The van der Waals surface area contributed by atoms with E-state index in [0.717, 1.165) is 17.5 Å². The summed E-state index contributed by atoms with van der Waals surface area (Å²) >= 11 is 0. The number of carbonyl (C=O) groups is 2. The first kappa shape index (κ1) is 25.0. The first-order valence-corrected chi connectivity index (χ1v) is 11.5.